The first-order chi connectivity index (χ1) is 7.83. The molecule has 1 atom stereocenters. The number of hydrogen-bond donors (Lipinski definition) is 1. The maximum atomic E-state index is 3.54. The Morgan fingerprint density at radius 3 is 2.31 bits per heavy atom. The van der Waals surface area contributed by atoms with Gasteiger partial charge in [-0.05, 0) is 48.2 Å². The Morgan fingerprint density at radius 2 is 1.75 bits per heavy atom. The Balaban J connectivity index is 2.02. The van der Waals surface area contributed by atoms with Crippen molar-refractivity contribution in [1.82, 2.24) is 5.32 Å². The van der Waals surface area contributed by atoms with Crippen LogP contribution in [-0.2, 0) is 0 Å². The smallest absolute Gasteiger partial charge is 0.0320 e. The van der Waals surface area contributed by atoms with Crippen LogP contribution < -0.4 is 5.32 Å². The van der Waals surface area contributed by atoms with E-state index in [9.17, 15) is 0 Å². The van der Waals surface area contributed by atoms with Gasteiger partial charge in [-0.15, -0.1) is 0 Å². The third-order valence-corrected chi connectivity index (χ3v) is 3.75. The van der Waals surface area contributed by atoms with Gasteiger partial charge in [-0.3, -0.25) is 0 Å². The third kappa shape index (κ3) is 1.87. The van der Waals surface area contributed by atoms with Gasteiger partial charge in [-0.25, -0.2) is 0 Å². The van der Waals surface area contributed by atoms with Crippen molar-refractivity contribution in [2.75, 3.05) is 6.54 Å². The third-order valence-electron chi connectivity index (χ3n) is 3.29. The minimum absolute atomic E-state index is 0.556. The van der Waals surface area contributed by atoms with E-state index in [0.29, 0.717) is 6.04 Å². The first-order valence-electron chi connectivity index (χ1n) is 5.75. The summed E-state index contributed by atoms with van der Waals surface area (Å²) >= 11 is 3.51. The minimum atomic E-state index is 0.556. The maximum Gasteiger partial charge on any atom is 0.0320 e. The zero-order valence-electron chi connectivity index (χ0n) is 9.04. The lowest BCUT2D eigenvalue weighted by Gasteiger charge is -2.07. The molecule has 1 unspecified atom stereocenters. The molecular weight excluding hydrogens is 262 g/mol. The van der Waals surface area contributed by atoms with E-state index in [1.807, 2.05) is 0 Å². The van der Waals surface area contributed by atoms with Gasteiger partial charge >= 0.3 is 0 Å². The number of hydrogen-bond acceptors (Lipinski definition) is 1. The van der Waals surface area contributed by atoms with E-state index in [0.717, 1.165) is 11.0 Å². The van der Waals surface area contributed by atoms with Crippen LogP contribution in [0.5, 0.6) is 0 Å². The summed E-state index contributed by atoms with van der Waals surface area (Å²) in [6, 6.07) is 13.8. The molecule has 3 aliphatic rings. The highest BCUT2D eigenvalue weighted by Gasteiger charge is 2.15. The Bertz CT molecular complexity index is 441. The fourth-order valence-electron chi connectivity index (χ4n) is 2.42. The van der Waals surface area contributed by atoms with Gasteiger partial charge in [0.2, 0.25) is 0 Å². The van der Waals surface area contributed by atoms with E-state index in [1.54, 1.807) is 0 Å². The molecule has 2 aliphatic carbocycles. The van der Waals surface area contributed by atoms with Crippen LogP contribution in [0, 0.1) is 0 Å². The van der Waals surface area contributed by atoms with Crippen LogP contribution in [0.4, 0.5) is 0 Å². The maximum absolute atomic E-state index is 3.54. The van der Waals surface area contributed by atoms with Crippen molar-refractivity contribution in [1.29, 1.82) is 0 Å². The van der Waals surface area contributed by atoms with E-state index >= 15 is 0 Å². The molecule has 0 aromatic carbocycles. The zero-order chi connectivity index (χ0) is 11.0. The van der Waals surface area contributed by atoms with E-state index in [2.05, 4.69) is 57.6 Å². The summed E-state index contributed by atoms with van der Waals surface area (Å²) in [5.74, 6) is 0. The van der Waals surface area contributed by atoms with Crippen molar-refractivity contribution >= 4 is 15.9 Å². The Kier molecular flexibility index (Phi) is 2.70. The van der Waals surface area contributed by atoms with Crippen LogP contribution in [0.25, 0.3) is 11.1 Å². The molecule has 1 saturated heterocycles. The molecule has 1 nitrogen and oxygen atoms in total. The van der Waals surface area contributed by atoms with E-state index in [4.69, 9.17) is 0 Å². The average Bonchev–Trinajstić information content (AvgIpc) is 2.86. The van der Waals surface area contributed by atoms with Crippen LogP contribution in [0.15, 0.2) is 40.9 Å². The summed E-state index contributed by atoms with van der Waals surface area (Å²) in [6.07, 6.45) is 2.55. The van der Waals surface area contributed by atoms with Crippen LogP contribution in [0.3, 0.4) is 0 Å². The lowest BCUT2D eigenvalue weighted by molar-refractivity contribution is 0.648. The topological polar surface area (TPSA) is 12.0 Å². The predicted molar refractivity (Wildman–Crippen MR) is 70.7 cm³/mol. The highest BCUT2D eigenvalue weighted by atomic mass is 79.9. The Hall–Kier alpha value is -0.860. The number of rotatable bonds is 1. The second-order valence-electron chi connectivity index (χ2n) is 4.40. The number of halogens is 1. The van der Waals surface area contributed by atoms with Crippen molar-refractivity contribution < 1.29 is 0 Å². The molecule has 0 aromatic heterocycles. The minimum Gasteiger partial charge on any atom is -0.310 e. The van der Waals surface area contributed by atoms with Gasteiger partial charge in [0.05, 0.1) is 0 Å². The van der Waals surface area contributed by atoms with Gasteiger partial charge in [0.25, 0.3) is 0 Å². The van der Waals surface area contributed by atoms with Gasteiger partial charge in [0, 0.05) is 10.5 Å². The largest absolute Gasteiger partial charge is 0.310 e. The molecule has 16 heavy (non-hydrogen) atoms. The van der Waals surface area contributed by atoms with Gasteiger partial charge in [-0.1, -0.05) is 40.2 Å². The fourth-order valence-corrected chi connectivity index (χ4v) is 2.92. The molecule has 0 radical (unpaired) electrons. The molecule has 0 saturated carbocycles. The van der Waals surface area contributed by atoms with Crippen LogP contribution in [0.1, 0.15) is 24.4 Å². The fraction of sp³-hybridized carbons (Fsp3) is 0.286. The van der Waals surface area contributed by atoms with Gasteiger partial charge in [0.1, 0.15) is 0 Å². The summed E-state index contributed by atoms with van der Waals surface area (Å²) in [4.78, 5) is 0. The molecule has 0 amide bonds. The van der Waals surface area contributed by atoms with E-state index in [1.165, 1.54) is 29.5 Å². The first kappa shape index (κ1) is 10.3. The van der Waals surface area contributed by atoms with Crippen LogP contribution in [-0.4, -0.2) is 6.54 Å². The standard InChI is InChI=1S/C14H14BrN/c15-13-8-11-5-3-10(4-6-12(11)9-13)14-2-1-7-16-14/h3-6,8-9,14,16H,1-2,7H2. The lowest BCUT2D eigenvalue weighted by atomic mass is 10.1. The van der Waals surface area contributed by atoms with Crippen LogP contribution >= 0.6 is 15.9 Å². The highest BCUT2D eigenvalue weighted by Crippen LogP contribution is 2.30. The summed E-state index contributed by atoms with van der Waals surface area (Å²) in [5, 5.41) is 3.54. The van der Waals surface area contributed by atoms with Gasteiger partial charge in [-0.2, -0.15) is 0 Å². The molecule has 1 aliphatic heterocycles. The van der Waals surface area contributed by atoms with Crippen molar-refractivity contribution in [3.8, 4) is 11.1 Å². The van der Waals surface area contributed by atoms with E-state index in [-0.39, 0.29) is 0 Å². The zero-order valence-corrected chi connectivity index (χ0v) is 10.6. The van der Waals surface area contributed by atoms with Gasteiger partial charge in [0.15, 0.2) is 0 Å². The highest BCUT2D eigenvalue weighted by molar-refractivity contribution is 9.10. The molecule has 0 bridgehead atoms. The molecule has 3 rings (SSSR count). The molecule has 0 spiro atoms. The molecule has 0 aromatic rings. The van der Waals surface area contributed by atoms with Crippen molar-refractivity contribution in [3.05, 3.63) is 46.4 Å². The molecule has 82 valence electrons. The molecule has 2 heteroatoms. The summed E-state index contributed by atoms with van der Waals surface area (Å²) < 4.78 is 1.16. The average molecular weight is 276 g/mol. The normalized spacial score (nSPS) is 20.4. The van der Waals surface area contributed by atoms with Crippen molar-refractivity contribution in [2.45, 2.75) is 18.9 Å². The molecule has 1 heterocycles. The molecule has 1 N–H and O–H groups in total. The summed E-state index contributed by atoms with van der Waals surface area (Å²) in [5.41, 5.74) is 4.01. The summed E-state index contributed by atoms with van der Waals surface area (Å²) in [7, 11) is 0. The number of nitrogens with one attached hydrogen (secondary N) is 1. The van der Waals surface area contributed by atoms with Gasteiger partial charge < -0.3 is 5.32 Å². The second kappa shape index (κ2) is 4.19. The first-order valence-corrected chi connectivity index (χ1v) is 6.55. The number of fused-ring (bicyclic) bond motifs is 1. The Morgan fingerprint density at radius 1 is 1.06 bits per heavy atom. The van der Waals surface area contributed by atoms with Crippen molar-refractivity contribution in [2.24, 2.45) is 0 Å². The SMILES string of the molecule is Brc1cc2ccc(C3CCCN3)ccc-2c1. The molecular formula is C14H14BrN. The van der Waals surface area contributed by atoms with Crippen molar-refractivity contribution in [3.63, 3.8) is 0 Å². The molecule has 1 fully saturated rings. The van der Waals surface area contributed by atoms with E-state index < -0.39 is 0 Å². The summed E-state index contributed by atoms with van der Waals surface area (Å²) in [6.45, 7) is 1.15. The quantitative estimate of drug-likeness (QED) is 0.830. The van der Waals surface area contributed by atoms with Crippen LogP contribution in [0.2, 0.25) is 0 Å². The Labute approximate surface area is 104 Å². The predicted octanol–water partition coefficient (Wildman–Crippen LogP) is 3.98. The monoisotopic (exact) mass is 275 g/mol. The lowest BCUT2D eigenvalue weighted by Crippen LogP contribution is -2.11. The second-order valence-corrected chi connectivity index (χ2v) is 5.32.